The molecule has 0 spiro atoms. The maximum Gasteiger partial charge on any atom is 0.387 e. The van der Waals surface area contributed by atoms with Crippen LogP contribution < -0.4 is 10.1 Å². The molecule has 0 aliphatic rings. The van der Waals surface area contributed by atoms with E-state index in [0.29, 0.717) is 12.2 Å². The lowest BCUT2D eigenvalue weighted by atomic mass is 9.83. The molecule has 0 unspecified atom stereocenters. The molecule has 1 aromatic rings. The molecule has 0 aliphatic heterocycles. The van der Waals surface area contributed by atoms with E-state index < -0.39 is 18.2 Å². The zero-order valence-electron chi connectivity index (χ0n) is 11.6. The molecule has 3 nitrogen and oxygen atoms in total. The molecule has 0 aliphatic carbocycles. The standard InChI is InChI=1S/C14H20F3NO2/c1-3-14(4-2,9-19)8-18-10-5-6-12(11(15)7-10)20-13(16)17/h5-7,13,18-19H,3-4,8-9H2,1-2H3. The predicted octanol–water partition coefficient (Wildman–Crippen LogP) is 3.64. The highest BCUT2D eigenvalue weighted by atomic mass is 19.3. The summed E-state index contributed by atoms with van der Waals surface area (Å²) in [4.78, 5) is 0. The van der Waals surface area contributed by atoms with E-state index in [2.05, 4.69) is 10.1 Å². The molecule has 6 heteroatoms. The first-order chi connectivity index (χ1) is 9.46. The predicted molar refractivity (Wildman–Crippen MR) is 71.6 cm³/mol. The molecule has 0 saturated heterocycles. The third-order valence-corrected chi connectivity index (χ3v) is 3.65. The number of ether oxygens (including phenoxy) is 1. The van der Waals surface area contributed by atoms with Crippen molar-refractivity contribution >= 4 is 5.69 Å². The highest BCUT2D eigenvalue weighted by molar-refractivity contribution is 5.47. The van der Waals surface area contributed by atoms with Crippen molar-refractivity contribution in [2.45, 2.75) is 33.3 Å². The largest absolute Gasteiger partial charge is 0.432 e. The Morgan fingerprint density at radius 2 is 1.95 bits per heavy atom. The molecule has 0 radical (unpaired) electrons. The fourth-order valence-electron chi connectivity index (χ4n) is 1.87. The molecule has 1 rings (SSSR count). The van der Waals surface area contributed by atoms with Crippen LogP contribution in [-0.2, 0) is 0 Å². The Labute approximate surface area is 116 Å². The maximum absolute atomic E-state index is 13.5. The van der Waals surface area contributed by atoms with Crippen LogP contribution in [0.25, 0.3) is 0 Å². The van der Waals surface area contributed by atoms with Crippen molar-refractivity contribution in [2.24, 2.45) is 5.41 Å². The number of anilines is 1. The summed E-state index contributed by atoms with van der Waals surface area (Å²) in [5.41, 5.74) is 0.193. The van der Waals surface area contributed by atoms with E-state index in [1.54, 1.807) is 0 Å². The maximum atomic E-state index is 13.5. The highest BCUT2D eigenvalue weighted by Crippen LogP contribution is 2.28. The van der Waals surface area contributed by atoms with E-state index in [0.717, 1.165) is 25.0 Å². The van der Waals surface area contributed by atoms with E-state index >= 15 is 0 Å². The zero-order chi connectivity index (χ0) is 15.2. The van der Waals surface area contributed by atoms with Gasteiger partial charge in [0.15, 0.2) is 11.6 Å². The van der Waals surface area contributed by atoms with Gasteiger partial charge in [-0.25, -0.2) is 4.39 Å². The number of halogens is 3. The summed E-state index contributed by atoms with van der Waals surface area (Å²) in [5, 5.41) is 12.5. The molecule has 0 heterocycles. The van der Waals surface area contributed by atoms with Gasteiger partial charge >= 0.3 is 6.61 Å². The highest BCUT2D eigenvalue weighted by Gasteiger charge is 2.25. The van der Waals surface area contributed by atoms with Crippen LogP contribution in [0.3, 0.4) is 0 Å². The fraction of sp³-hybridized carbons (Fsp3) is 0.571. The number of rotatable bonds is 8. The molecule has 20 heavy (non-hydrogen) atoms. The van der Waals surface area contributed by atoms with Crippen molar-refractivity contribution in [3.8, 4) is 5.75 Å². The normalized spacial score (nSPS) is 11.8. The minimum Gasteiger partial charge on any atom is -0.432 e. The third kappa shape index (κ3) is 4.30. The van der Waals surface area contributed by atoms with Gasteiger partial charge in [0, 0.05) is 23.7 Å². The van der Waals surface area contributed by atoms with Gasteiger partial charge in [-0.1, -0.05) is 13.8 Å². The Hall–Kier alpha value is -1.43. The molecular weight excluding hydrogens is 271 g/mol. The van der Waals surface area contributed by atoms with Gasteiger partial charge in [0.1, 0.15) is 0 Å². The smallest absolute Gasteiger partial charge is 0.387 e. The van der Waals surface area contributed by atoms with Gasteiger partial charge in [0.2, 0.25) is 0 Å². The average molecular weight is 291 g/mol. The van der Waals surface area contributed by atoms with Crippen molar-refractivity contribution in [3.05, 3.63) is 24.0 Å². The summed E-state index contributed by atoms with van der Waals surface area (Å²) in [6, 6.07) is 3.72. The topological polar surface area (TPSA) is 41.5 Å². The van der Waals surface area contributed by atoms with Gasteiger partial charge in [-0.2, -0.15) is 8.78 Å². The third-order valence-electron chi connectivity index (χ3n) is 3.65. The van der Waals surface area contributed by atoms with Gasteiger partial charge < -0.3 is 15.2 Å². The van der Waals surface area contributed by atoms with Crippen LogP contribution in [0.4, 0.5) is 18.9 Å². The Kier molecular flexibility index (Phi) is 6.13. The van der Waals surface area contributed by atoms with Crippen LogP contribution in [0.2, 0.25) is 0 Å². The summed E-state index contributed by atoms with van der Waals surface area (Å²) in [5.74, 6) is -1.33. The number of hydrogen-bond donors (Lipinski definition) is 2. The molecule has 0 amide bonds. The minimum atomic E-state index is -3.05. The second kappa shape index (κ2) is 7.38. The molecular formula is C14H20F3NO2. The molecule has 0 bridgehead atoms. The van der Waals surface area contributed by atoms with Gasteiger partial charge in [-0.05, 0) is 25.0 Å². The van der Waals surface area contributed by atoms with Crippen LogP contribution in [0.5, 0.6) is 5.75 Å². The molecule has 1 aromatic carbocycles. The molecule has 0 aromatic heterocycles. The summed E-state index contributed by atoms with van der Waals surface area (Å²) >= 11 is 0. The SMILES string of the molecule is CCC(CC)(CO)CNc1ccc(OC(F)F)c(F)c1. The van der Waals surface area contributed by atoms with E-state index in [1.807, 2.05) is 13.8 Å². The lowest BCUT2D eigenvalue weighted by Crippen LogP contribution is -2.32. The van der Waals surface area contributed by atoms with Gasteiger partial charge in [0.25, 0.3) is 0 Å². The van der Waals surface area contributed by atoms with Crippen molar-refractivity contribution in [1.82, 2.24) is 0 Å². The Morgan fingerprint density at radius 1 is 1.30 bits per heavy atom. The van der Waals surface area contributed by atoms with Crippen molar-refractivity contribution in [2.75, 3.05) is 18.5 Å². The van der Waals surface area contributed by atoms with E-state index in [1.165, 1.54) is 6.07 Å². The second-order valence-corrected chi connectivity index (χ2v) is 4.74. The van der Waals surface area contributed by atoms with Crippen molar-refractivity contribution in [3.63, 3.8) is 0 Å². The van der Waals surface area contributed by atoms with Gasteiger partial charge in [-0.15, -0.1) is 0 Å². The number of benzene rings is 1. The van der Waals surface area contributed by atoms with Crippen molar-refractivity contribution in [1.29, 1.82) is 0 Å². The summed E-state index contributed by atoms with van der Waals surface area (Å²) in [7, 11) is 0. The summed E-state index contributed by atoms with van der Waals surface area (Å²) in [6.45, 7) is 1.40. The first-order valence-corrected chi connectivity index (χ1v) is 6.55. The minimum absolute atomic E-state index is 0.0298. The van der Waals surface area contributed by atoms with Gasteiger partial charge in [0.05, 0.1) is 6.61 Å². The lowest BCUT2D eigenvalue weighted by molar-refractivity contribution is -0.0521. The van der Waals surface area contributed by atoms with Gasteiger partial charge in [-0.3, -0.25) is 0 Å². The number of nitrogens with one attached hydrogen (secondary N) is 1. The molecule has 0 atom stereocenters. The number of aliphatic hydroxyl groups is 1. The Balaban J connectivity index is 2.72. The van der Waals surface area contributed by atoms with Crippen LogP contribution in [0, 0.1) is 11.2 Å². The van der Waals surface area contributed by atoms with E-state index in [9.17, 15) is 18.3 Å². The molecule has 0 saturated carbocycles. The molecule has 2 N–H and O–H groups in total. The lowest BCUT2D eigenvalue weighted by Gasteiger charge is -2.30. The van der Waals surface area contributed by atoms with Crippen LogP contribution in [-0.4, -0.2) is 24.9 Å². The van der Waals surface area contributed by atoms with Crippen molar-refractivity contribution < 1.29 is 23.0 Å². The average Bonchev–Trinajstić information content (AvgIpc) is 2.43. The van der Waals surface area contributed by atoms with Crippen LogP contribution in [0.15, 0.2) is 18.2 Å². The number of hydrogen-bond acceptors (Lipinski definition) is 3. The Bertz CT molecular complexity index is 415. The number of alkyl halides is 2. The summed E-state index contributed by atoms with van der Waals surface area (Å²) < 4.78 is 41.6. The Morgan fingerprint density at radius 3 is 2.40 bits per heavy atom. The van der Waals surface area contributed by atoms with E-state index in [-0.39, 0.29) is 12.0 Å². The molecule has 114 valence electrons. The second-order valence-electron chi connectivity index (χ2n) is 4.74. The first-order valence-electron chi connectivity index (χ1n) is 6.55. The summed E-state index contributed by atoms with van der Waals surface area (Å²) in [6.07, 6.45) is 1.56. The molecule has 0 fully saturated rings. The van der Waals surface area contributed by atoms with E-state index in [4.69, 9.17) is 0 Å². The number of aliphatic hydroxyl groups excluding tert-OH is 1. The fourth-order valence-corrected chi connectivity index (χ4v) is 1.87. The van der Waals surface area contributed by atoms with Crippen LogP contribution in [0.1, 0.15) is 26.7 Å². The van der Waals surface area contributed by atoms with Crippen LogP contribution >= 0.6 is 0 Å². The monoisotopic (exact) mass is 291 g/mol. The quantitative estimate of drug-likeness (QED) is 0.768. The zero-order valence-corrected chi connectivity index (χ0v) is 11.6. The first kappa shape index (κ1) is 16.6.